The molecule has 2 aromatic rings. The van der Waals surface area contributed by atoms with Crippen molar-refractivity contribution in [3.63, 3.8) is 0 Å². The van der Waals surface area contributed by atoms with E-state index in [2.05, 4.69) is 10.6 Å². The summed E-state index contributed by atoms with van der Waals surface area (Å²) in [5.74, 6) is 0. The lowest BCUT2D eigenvalue weighted by Crippen LogP contribution is -2.20. The Bertz CT molecular complexity index is 533. The first-order valence-electron chi connectivity index (χ1n) is 5.60. The van der Waals surface area contributed by atoms with Crippen LogP contribution in [-0.2, 0) is 6.54 Å². The van der Waals surface area contributed by atoms with Crippen LogP contribution < -0.4 is 16.4 Å². The van der Waals surface area contributed by atoms with E-state index < -0.39 is 0 Å². The summed E-state index contributed by atoms with van der Waals surface area (Å²) in [5.41, 5.74) is 8.27. The number of rotatable bonds is 3. The number of thiophene rings is 1. The molecule has 0 atom stereocenters. The van der Waals surface area contributed by atoms with E-state index in [9.17, 15) is 4.79 Å². The van der Waals surface area contributed by atoms with E-state index in [1.807, 2.05) is 42.6 Å². The number of hydrogen-bond acceptors (Lipinski definition) is 3. The van der Waals surface area contributed by atoms with Crippen molar-refractivity contribution < 1.29 is 4.79 Å². The second-order valence-corrected chi connectivity index (χ2v) is 4.91. The molecule has 94 valence electrons. The number of urea groups is 1. The van der Waals surface area contributed by atoms with Gasteiger partial charge in [0.2, 0.25) is 0 Å². The van der Waals surface area contributed by atoms with E-state index >= 15 is 0 Å². The average molecular weight is 261 g/mol. The van der Waals surface area contributed by atoms with Gasteiger partial charge in [-0.1, -0.05) is 17.7 Å². The molecule has 4 nitrogen and oxygen atoms in total. The maximum absolute atomic E-state index is 11.8. The lowest BCUT2D eigenvalue weighted by molar-refractivity contribution is 0.262. The third-order valence-electron chi connectivity index (χ3n) is 2.49. The molecule has 0 saturated carbocycles. The molecule has 4 N–H and O–H groups in total. The summed E-state index contributed by atoms with van der Waals surface area (Å²) in [6.45, 7) is 2.43. The summed E-state index contributed by atoms with van der Waals surface area (Å²) in [6.07, 6.45) is 0. The number of amides is 2. The molecule has 0 unspecified atom stereocenters. The Balaban J connectivity index is 1.99. The molecule has 0 fully saturated rings. The minimum absolute atomic E-state index is 0.257. The van der Waals surface area contributed by atoms with Crippen molar-refractivity contribution in [1.82, 2.24) is 0 Å². The predicted molar refractivity (Wildman–Crippen MR) is 76.0 cm³/mol. The quantitative estimate of drug-likeness (QED) is 0.794. The third-order valence-corrected chi connectivity index (χ3v) is 3.43. The van der Waals surface area contributed by atoms with Crippen LogP contribution in [0.25, 0.3) is 0 Å². The Morgan fingerprint density at radius 3 is 2.61 bits per heavy atom. The standard InChI is InChI=1S/C13H15N3OS/c1-9-2-4-10(5-3-9)15-13(17)16-11-6-7-18-12(11)8-14/h2-7H,8,14H2,1H3,(H2,15,16,17). The third kappa shape index (κ3) is 3.09. The van der Waals surface area contributed by atoms with Crippen molar-refractivity contribution in [2.75, 3.05) is 10.6 Å². The number of carbonyl (C=O) groups is 1. The Hall–Kier alpha value is -1.85. The summed E-state index contributed by atoms with van der Waals surface area (Å²) in [5, 5.41) is 7.46. The van der Waals surface area contributed by atoms with Gasteiger partial charge in [0.25, 0.3) is 0 Å². The van der Waals surface area contributed by atoms with Gasteiger partial charge in [-0.15, -0.1) is 11.3 Å². The molecule has 2 amide bonds. The van der Waals surface area contributed by atoms with Crippen LogP contribution in [0.1, 0.15) is 10.4 Å². The smallest absolute Gasteiger partial charge is 0.323 e. The van der Waals surface area contributed by atoms with Gasteiger partial charge in [0.15, 0.2) is 0 Å². The zero-order valence-electron chi connectivity index (χ0n) is 10.1. The normalized spacial score (nSPS) is 10.1. The largest absolute Gasteiger partial charge is 0.326 e. The SMILES string of the molecule is Cc1ccc(NC(=O)Nc2ccsc2CN)cc1. The van der Waals surface area contributed by atoms with Crippen molar-refractivity contribution in [2.45, 2.75) is 13.5 Å². The van der Waals surface area contributed by atoms with E-state index in [1.54, 1.807) is 0 Å². The number of nitrogens with two attached hydrogens (primary N) is 1. The zero-order valence-corrected chi connectivity index (χ0v) is 10.9. The molecule has 1 aromatic carbocycles. The lowest BCUT2D eigenvalue weighted by Gasteiger charge is -2.08. The van der Waals surface area contributed by atoms with Crippen LogP contribution in [0, 0.1) is 6.92 Å². The van der Waals surface area contributed by atoms with Crippen molar-refractivity contribution in [1.29, 1.82) is 0 Å². The molecule has 0 aliphatic carbocycles. The van der Waals surface area contributed by atoms with Gasteiger partial charge in [0.05, 0.1) is 5.69 Å². The Labute approximate surface area is 110 Å². The maximum atomic E-state index is 11.8. The van der Waals surface area contributed by atoms with Gasteiger partial charge in [-0.05, 0) is 30.5 Å². The molecule has 5 heteroatoms. The van der Waals surface area contributed by atoms with Crippen LogP contribution in [0.5, 0.6) is 0 Å². The Morgan fingerprint density at radius 2 is 1.94 bits per heavy atom. The molecule has 0 aliphatic heterocycles. The van der Waals surface area contributed by atoms with Crippen molar-refractivity contribution in [3.8, 4) is 0 Å². The number of nitrogens with one attached hydrogen (secondary N) is 2. The second-order valence-electron chi connectivity index (χ2n) is 3.91. The topological polar surface area (TPSA) is 67.2 Å². The first-order valence-corrected chi connectivity index (χ1v) is 6.48. The molecule has 18 heavy (non-hydrogen) atoms. The van der Waals surface area contributed by atoms with E-state index in [0.29, 0.717) is 6.54 Å². The fraction of sp³-hybridized carbons (Fsp3) is 0.154. The predicted octanol–water partition coefficient (Wildman–Crippen LogP) is 3.16. The molecule has 1 heterocycles. The fourth-order valence-electron chi connectivity index (χ4n) is 1.53. The van der Waals surface area contributed by atoms with E-state index in [-0.39, 0.29) is 6.03 Å². The fourth-order valence-corrected chi connectivity index (χ4v) is 2.24. The Kier molecular flexibility index (Phi) is 3.96. The van der Waals surface area contributed by atoms with Gasteiger partial charge in [-0.3, -0.25) is 0 Å². The highest BCUT2D eigenvalue weighted by molar-refractivity contribution is 7.10. The van der Waals surface area contributed by atoms with Crippen LogP contribution in [0.2, 0.25) is 0 Å². The van der Waals surface area contributed by atoms with Gasteiger partial charge >= 0.3 is 6.03 Å². The van der Waals surface area contributed by atoms with E-state index in [0.717, 1.165) is 21.8 Å². The van der Waals surface area contributed by atoms with Crippen LogP contribution >= 0.6 is 11.3 Å². The minimum atomic E-state index is -0.257. The minimum Gasteiger partial charge on any atom is -0.326 e. The highest BCUT2D eigenvalue weighted by Crippen LogP contribution is 2.21. The first-order chi connectivity index (χ1) is 8.69. The summed E-state index contributed by atoms with van der Waals surface area (Å²) in [7, 11) is 0. The molecule has 2 rings (SSSR count). The maximum Gasteiger partial charge on any atom is 0.323 e. The number of benzene rings is 1. The highest BCUT2D eigenvalue weighted by Gasteiger charge is 2.07. The van der Waals surface area contributed by atoms with Gasteiger partial charge in [-0.2, -0.15) is 0 Å². The van der Waals surface area contributed by atoms with Gasteiger partial charge in [0.1, 0.15) is 0 Å². The second kappa shape index (κ2) is 5.66. The lowest BCUT2D eigenvalue weighted by atomic mass is 10.2. The molecule has 0 bridgehead atoms. The number of carbonyl (C=O) groups excluding carboxylic acids is 1. The van der Waals surface area contributed by atoms with Crippen LogP contribution in [-0.4, -0.2) is 6.03 Å². The average Bonchev–Trinajstić information content (AvgIpc) is 2.79. The highest BCUT2D eigenvalue weighted by atomic mass is 32.1. The molecular weight excluding hydrogens is 246 g/mol. The summed E-state index contributed by atoms with van der Waals surface area (Å²) < 4.78 is 0. The number of hydrogen-bond donors (Lipinski definition) is 3. The zero-order chi connectivity index (χ0) is 13.0. The van der Waals surface area contributed by atoms with Crippen molar-refractivity contribution in [3.05, 3.63) is 46.2 Å². The van der Waals surface area contributed by atoms with Crippen molar-refractivity contribution >= 4 is 28.7 Å². The van der Waals surface area contributed by atoms with Gasteiger partial charge < -0.3 is 16.4 Å². The number of aryl methyl sites for hydroxylation is 1. The summed E-state index contributed by atoms with van der Waals surface area (Å²) in [4.78, 5) is 12.7. The number of anilines is 2. The van der Waals surface area contributed by atoms with Crippen LogP contribution in [0.15, 0.2) is 35.7 Å². The summed E-state index contributed by atoms with van der Waals surface area (Å²) in [6, 6.07) is 9.23. The molecule has 1 aromatic heterocycles. The molecule has 0 radical (unpaired) electrons. The van der Waals surface area contributed by atoms with Gasteiger partial charge in [-0.25, -0.2) is 4.79 Å². The Morgan fingerprint density at radius 1 is 1.22 bits per heavy atom. The van der Waals surface area contributed by atoms with Crippen LogP contribution in [0.3, 0.4) is 0 Å². The summed E-state index contributed by atoms with van der Waals surface area (Å²) >= 11 is 1.53. The molecule has 0 saturated heterocycles. The first kappa shape index (κ1) is 12.6. The molecule has 0 aliphatic rings. The van der Waals surface area contributed by atoms with Gasteiger partial charge in [0, 0.05) is 17.1 Å². The van der Waals surface area contributed by atoms with Crippen LogP contribution in [0.4, 0.5) is 16.2 Å². The monoisotopic (exact) mass is 261 g/mol. The van der Waals surface area contributed by atoms with E-state index in [1.165, 1.54) is 11.3 Å². The van der Waals surface area contributed by atoms with Crippen molar-refractivity contribution in [2.24, 2.45) is 5.73 Å². The molecular formula is C13H15N3OS. The van der Waals surface area contributed by atoms with E-state index in [4.69, 9.17) is 5.73 Å². The molecule has 0 spiro atoms.